The highest BCUT2D eigenvalue weighted by molar-refractivity contribution is 5.77. The highest BCUT2D eigenvalue weighted by atomic mass is 16.4. The van der Waals surface area contributed by atoms with Crippen LogP contribution in [0.3, 0.4) is 0 Å². The molecule has 1 aromatic carbocycles. The fraction of sp³-hybridized carbons (Fsp3) is 0.421. The normalized spacial score (nSPS) is 14.2. The number of amides is 1. The summed E-state index contributed by atoms with van der Waals surface area (Å²) in [7, 11) is 0. The molecule has 4 rings (SSSR count). The Hall–Kier alpha value is -2.83. The largest absolute Gasteiger partial charge is 0.445 e. The van der Waals surface area contributed by atoms with Crippen molar-refractivity contribution in [3.8, 4) is 0 Å². The van der Waals surface area contributed by atoms with E-state index in [-0.39, 0.29) is 23.9 Å². The Balaban J connectivity index is 1.45. The van der Waals surface area contributed by atoms with Gasteiger partial charge < -0.3 is 14.3 Å². The maximum Gasteiger partial charge on any atom is 0.326 e. The molecule has 7 nitrogen and oxygen atoms in total. The minimum Gasteiger partial charge on any atom is -0.445 e. The van der Waals surface area contributed by atoms with Gasteiger partial charge in [-0.2, -0.15) is 0 Å². The van der Waals surface area contributed by atoms with Gasteiger partial charge in [-0.3, -0.25) is 9.36 Å². The lowest BCUT2D eigenvalue weighted by Crippen LogP contribution is -2.36. The summed E-state index contributed by atoms with van der Waals surface area (Å²) in [5.74, 6) is 1.89. The Morgan fingerprint density at radius 1 is 1.35 bits per heavy atom. The molecule has 2 aromatic heterocycles. The van der Waals surface area contributed by atoms with E-state index in [9.17, 15) is 9.59 Å². The third kappa shape index (κ3) is 2.94. The molecule has 1 aliphatic rings. The molecule has 136 valence electrons. The number of H-pyrrole nitrogens is 1. The molecule has 3 heterocycles. The Bertz CT molecular complexity index is 1010. The van der Waals surface area contributed by atoms with Crippen LogP contribution in [0.5, 0.6) is 0 Å². The Kier molecular flexibility index (Phi) is 4.14. The second-order valence-electron chi connectivity index (χ2n) is 6.99. The van der Waals surface area contributed by atoms with E-state index in [0.29, 0.717) is 26.1 Å². The summed E-state index contributed by atoms with van der Waals surface area (Å²) in [5.41, 5.74) is 2.29. The molecule has 0 bridgehead atoms. The first kappa shape index (κ1) is 16.6. The second-order valence-corrected chi connectivity index (χ2v) is 6.99. The standard InChI is InChI=1S/C19H22N4O3/c1-12(2)18-20-14-11-22(9-7-16(14)26-18)17(24)8-10-23-15-6-4-3-5-13(15)21-19(23)25/h3-6,12H,7-11H2,1-2H3,(H,21,25). The maximum absolute atomic E-state index is 12.6. The number of carbonyl (C=O) groups is 1. The van der Waals surface area contributed by atoms with Crippen LogP contribution in [0.25, 0.3) is 11.0 Å². The van der Waals surface area contributed by atoms with E-state index in [1.807, 2.05) is 38.1 Å². The number of hydrogen-bond acceptors (Lipinski definition) is 4. The van der Waals surface area contributed by atoms with Crippen molar-refractivity contribution in [1.82, 2.24) is 19.4 Å². The number of para-hydroxylation sites is 2. The number of nitrogens with one attached hydrogen (secondary N) is 1. The average molecular weight is 354 g/mol. The third-order valence-corrected chi connectivity index (χ3v) is 4.82. The number of aromatic nitrogens is 3. The number of benzene rings is 1. The van der Waals surface area contributed by atoms with Crippen LogP contribution in [0.4, 0.5) is 0 Å². The topological polar surface area (TPSA) is 84.1 Å². The van der Waals surface area contributed by atoms with E-state index in [0.717, 1.165) is 28.4 Å². The minimum absolute atomic E-state index is 0.0296. The smallest absolute Gasteiger partial charge is 0.326 e. The molecule has 1 N–H and O–H groups in total. The van der Waals surface area contributed by atoms with Crippen molar-refractivity contribution in [2.75, 3.05) is 6.54 Å². The van der Waals surface area contributed by atoms with Crippen LogP contribution in [0.15, 0.2) is 33.5 Å². The first-order valence-electron chi connectivity index (χ1n) is 8.96. The molecular formula is C19H22N4O3. The molecule has 1 amide bonds. The molecule has 0 spiro atoms. The van der Waals surface area contributed by atoms with Crippen LogP contribution >= 0.6 is 0 Å². The van der Waals surface area contributed by atoms with E-state index in [1.54, 1.807) is 9.47 Å². The molecule has 0 unspecified atom stereocenters. The highest BCUT2D eigenvalue weighted by Gasteiger charge is 2.26. The van der Waals surface area contributed by atoms with Crippen molar-refractivity contribution in [3.05, 3.63) is 52.1 Å². The van der Waals surface area contributed by atoms with E-state index >= 15 is 0 Å². The minimum atomic E-state index is -0.182. The summed E-state index contributed by atoms with van der Waals surface area (Å²) < 4.78 is 7.40. The quantitative estimate of drug-likeness (QED) is 0.780. The van der Waals surface area contributed by atoms with Crippen LogP contribution < -0.4 is 5.69 Å². The van der Waals surface area contributed by atoms with Gasteiger partial charge in [-0.25, -0.2) is 9.78 Å². The summed E-state index contributed by atoms with van der Waals surface area (Å²) >= 11 is 0. The molecule has 26 heavy (non-hydrogen) atoms. The number of hydrogen-bond donors (Lipinski definition) is 1. The molecule has 3 aromatic rings. The summed E-state index contributed by atoms with van der Waals surface area (Å²) in [4.78, 5) is 33.9. The summed E-state index contributed by atoms with van der Waals surface area (Å²) in [6, 6.07) is 7.51. The number of rotatable bonds is 4. The third-order valence-electron chi connectivity index (χ3n) is 4.82. The number of carbonyl (C=O) groups excluding carboxylic acids is 1. The van der Waals surface area contributed by atoms with Gasteiger partial charge in [0, 0.05) is 31.8 Å². The lowest BCUT2D eigenvalue weighted by molar-refractivity contribution is -0.132. The first-order valence-corrected chi connectivity index (χ1v) is 8.96. The van der Waals surface area contributed by atoms with Crippen LogP contribution in [0, 0.1) is 0 Å². The molecule has 0 atom stereocenters. The van der Waals surface area contributed by atoms with Crippen molar-refractivity contribution in [3.63, 3.8) is 0 Å². The van der Waals surface area contributed by atoms with Crippen LogP contribution in [0.2, 0.25) is 0 Å². The molecule has 0 saturated carbocycles. The maximum atomic E-state index is 12.6. The van der Waals surface area contributed by atoms with E-state index in [1.165, 1.54) is 0 Å². The van der Waals surface area contributed by atoms with Crippen molar-refractivity contribution in [1.29, 1.82) is 0 Å². The SMILES string of the molecule is CC(C)c1nc2c(o1)CCN(C(=O)CCn1c(=O)[nH]c3ccccc31)C2. The second kappa shape index (κ2) is 6.48. The van der Waals surface area contributed by atoms with Crippen LogP contribution in [-0.2, 0) is 24.3 Å². The van der Waals surface area contributed by atoms with Gasteiger partial charge in [0.1, 0.15) is 11.5 Å². The van der Waals surface area contributed by atoms with Crippen molar-refractivity contribution in [2.24, 2.45) is 0 Å². The molecule has 0 radical (unpaired) electrons. The van der Waals surface area contributed by atoms with E-state index < -0.39 is 0 Å². The zero-order chi connectivity index (χ0) is 18.3. The van der Waals surface area contributed by atoms with E-state index in [4.69, 9.17) is 4.42 Å². The number of oxazole rings is 1. The van der Waals surface area contributed by atoms with Gasteiger partial charge in [-0.15, -0.1) is 0 Å². The Labute approximate surface area is 150 Å². The number of aryl methyl sites for hydroxylation is 1. The van der Waals surface area contributed by atoms with Crippen molar-refractivity contribution in [2.45, 2.75) is 45.7 Å². The van der Waals surface area contributed by atoms with Gasteiger partial charge in [0.2, 0.25) is 5.91 Å². The van der Waals surface area contributed by atoms with Gasteiger partial charge in [-0.05, 0) is 12.1 Å². The summed E-state index contributed by atoms with van der Waals surface area (Å²) in [6.07, 6.45) is 0.972. The molecule has 7 heteroatoms. The molecule has 0 fully saturated rings. The van der Waals surface area contributed by atoms with Gasteiger partial charge in [0.25, 0.3) is 0 Å². The average Bonchev–Trinajstić information content (AvgIpc) is 3.19. The number of nitrogens with zero attached hydrogens (tertiary/aromatic N) is 3. The van der Waals surface area contributed by atoms with E-state index in [2.05, 4.69) is 9.97 Å². The summed E-state index contributed by atoms with van der Waals surface area (Å²) in [6.45, 7) is 5.55. The van der Waals surface area contributed by atoms with Gasteiger partial charge in [0.05, 0.1) is 17.6 Å². The zero-order valence-corrected chi connectivity index (χ0v) is 15.0. The van der Waals surface area contributed by atoms with Crippen LogP contribution in [-0.4, -0.2) is 31.9 Å². The lowest BCUT2D eigenvalue weighted by atomic mass is 10.1. The van der Waals surface area contributed by atoms with Gasteiger partial charge in [-0.1, -0.05) is 26.0 Å². The molecule has 1 aliphatic heterocycles. The Morgan fingerprint density at radius 3 is 2.96 bits per heavy atom. The Morgan fingerprint density at radius 2 is 2.15 bits per heavy atom. The fourth-order valence-corrected chi connectivity index (χ4v) is 3.37. The predicted octanol–water partition coefficient (Wildman–Crippen LogP) is 2.42. The monoisotopic (exact) mass is 354 g/mol. The van der Waals surface area contributed by atoms with Crippen LogP contribution in [0.1, 0.15) is 43.5 Å². The highest BCUT2D eigenvalue weighted by Crippen LogP contribution is 2.24. The molecular weight excluding hydrogens is 332 g/mol. The van der Waals surface area contributed by atoms with Crippen molar-refractivity contribution >= 4 is 16.9 Å². The molecule has 0 saturated heterocycles. The number of aromatic amines is 1. The first-order chi connectivity index (χ1) is 12.5. The summed E-state index contributed by atoms with van der Waals surface area (Å²) in [5, 5.41) is 0. The predicted molar refractivity (Wildman–Crippen MR) is 96.9 cm³/mol. The number of fused-ring (bicyclic) bond motifs is 2. The molecule has 0 aliphatic carbocycles. The van der Waals surface area contributed by atoms with Gasteiger partial charge >= 0.3 is 5.69 Å². The zero-order valence-electron chi connectivity index (χ0n) is 15.0. The number of imidazole rings is 1. The lowest BCUT2D eigenvalue weighted by Gasteiger charge is -2.25. The fourth-order valence-electron chi connectivity index (χ4n) is 3.37. The van der Waals surface area contributed by atoms with Gasteiger partial charge in [0.15, 0.2) is 5.89 Å². The van der Waals surface area contributed by atoms with Crippen molar-refractivity contribution < 1.29 is 9.21 Å².